The highest BCUT2D eigenvalue weighted by Crippen LogP contribution is 2.31. The number of aromatic nitrogens is 2. The predicted molar refractivity (Wildman–Crippen MR) is 105 cm³/mol. The van der Waals surface area contributed by atoms with E-state index >= 15 is 0 Å². The summed E-state index contributed by atoms with van der Waals surface area (Å²) in [5.74, 6) is -3.20. The van der Waals surface area contributed by atoms with E-state index in [4.69, 9.17) is 0 Å². The summed E-state index contributed by atoms with van der Waals surface area (Å²) in [4.78, 5) is 12.8. The zero-order chi connectivity index (χ0) is 23.8. The lowest BCUT2D eigenvalue weighted by Crippen LogP contribution is -2.50. The van der Waals surface area contributed by atoms with Crippen LogP contribution in [0.2, 0.25) is 0 Å². The van der Waals surface area contributed by atoms with Crippen LogP contribution < -0.4 is 14.3 Å². The second kappa shape index (κ2) is 8.65. The maximum absolute atomic E-state index is 13.4. The van der Waals surface area contributed by atoms with Gasteiger partial charge in [0.25, 0.3) is 5.91 Å². The minimum absolute atomic E-state index is 0.0392. The van der Waals surface area contributed by atoms with E-state index in [1.807, 2.05) is 0 Å². The normalized spacial score (nSPS) is 15.8. The predicted octanol–water partition coefficient (Wildman–Crippen LogP) is 2.88. The fourth-order valence-corrected chi connectivity index (χ4v) is 4.73. The Bertz CT molecular complexity index is 1130. The highest BCUT2D eigenvalue weighted by molar-refractivity contribution is 7.90. The fourth-order valence-electron chi connectivity index (χ4n) is 3.28. The van der Waals surface area contributed by atoms with Crippen LogP contribution >= 0.6 is 0 Å². The Morgan fingerprint density at radius 1 is 1.19 bits per heavy atom. The van der Waals surface area contributed by atoms with Crippen LogP contribution in [0.5, 0.6) is 0 Å². The van der Waals surface area contributed by atoms with E-state index in [-0.39, 0.29) is 35.7 Å². The topological polar surface area (TPSA) is 96.3 Å². The van der Waals surface area contributed by atoms with Crippen LogP contribution in [0, 0.1) is 11.6 Å². The number of alkyl halides is 3. The number of hydrogen-bond donors (Lipinski definition) is 2. The summed E-state index contributed by atoms with van der Waals surface area (Å²) in [5.41, 5.74) is 0.133. The number of halogens is 5. The minimum Gasteiger partial charge on any atom is -0.321 e. The van der Waals surface area contributed by atoms with Crippen molar-refractivity contribution < 1.29 is 35.2 Å². The molecule has 14 heteroatoms. The Labute approximate surface area is 180 Å². The largest absolute Gasteiger partial charge is 0.404 e. The van der Waals surface area contributed by atoms with Crippen molar-refractivity contribution in [2.45, 2.75) is 38.4 Å². The first kappa shape index (κ1) is 23.9. The lowest BCUT2D eigenvalue weighted by molar-refractivity contribution is -0.147. The van der Waals surface area contributed by atoms with E-state index in [2.05, 4.69) is 10.4 Å². The second-order valence-corrected chi connectivity index (χ2v) is 8.90. The molecule has 0 saturated heterocycles. The van der Waals surface area contributed by atoms with E-state index in [1.54, 1.807) is 4.72 Å². The van der Waals surface area contributed by atoms with E-state index in [0.717, 1.165) is 22.9 Å². The number of nitrogens with zero attached hydrogens (tertiary/aromatic N) is 3. The number of aryl methyl sites for hydroxylation is 1. The third-order valence-electron chi connectivity index (χ3n) is 4.90. The van der Waals surface area contributed by atoms with Crippen molar-refractivity contribution >= 4 is 27.6 Å². The number of carbonyl (C=O) groups is 1. The Kier molecular flexibility index (Phi) is 6.47. The van der Waals surface area contributed by atoms with E-state index in [0.29, 0.717) is 24.1 Å². The highest BCUT2D eigenvalue weighted by atomic mass is 32.2. The quantitative estimate of drug-likeness (QED) is 0.642. The number of fused-ring (bicyclic) bond motifs is 1. The lowest BCUT2D eigenvalue weighted by atomic mass is 10.1. The third-order valence-corrected chi connectivity index (χ3v) is 6.48. The molecular weight excluding hydrogens is 461 g/mol. The van der Waals surface area contributed by atoms with Gasteiger partial charge < -0.3 is 5.32 Å². The summed E-state index contributed by atoms with van der Waals surface area (Å²) in [6.07, 6.45) is -3.78. The molecule has 0 saturated carbocycles. The molecule has 0 spiro atoms. The van der Waals surface area contributed by atoms with Crippen LogP contribution in [-0.2, 0) is 23.7 Å². The summed E-state index contributed by atoms with van der Waals surface area (Å²) in [7, 11) is -3.27. The number of amides is 1. The van der Waals surface area contributed by atoms with Crippen LogP contribution in [0.4, 0.5) is 33.5 Å². The van der Waals surface area contributed by atoms with Crippen molar-refractivity contribution in [1.82, 2.24) is 14.5 Å². The molecule has 32 heavy (non-hydrogen) atoms. The molecule has 0 fully saturated rings. The van der Waals surface area contributed by atoms with Gasteiger partial charge in [0.1, 0.15) is 11.7 Å². The van der Waals surface area contributed by atoms with E-state index < -0.39 is 40.0 Å². The van der Waals surface area contributed by atoms with Crippen LogP contribution in [0.1, 0.15) is 35.8 Å². The summed E-state index contributed by atoms with van der Waals surface area (Å²) in [5, 5.41) is 6.46. The maximum Gasteiger partial charge on any atom is 0.404 e. The molecule has 1 aromatic heterocycles. The van der Waals surface area contributed by atoms with Gasteiger partial charge in [0.2, 0.25) is 0 Å². The number of carbonyl (C=O) groups excluding carboxylic acids is 1. The van der Waals surface area contributed by atoms with Gasteiger partial charge in [-0.25, -0.2) is 13.1 Å². The van der Waals surface area contributed by atoms with Crippen LogP contribution in [0.25, 0.3) is 0 Å². The monoisotopic (exact) mass is 481 g/mol. The van der Waals surface area contributed by atoms with Gasteiger partial charge in [-0.05, 0) is 38.3 Å². The number of rotatable bonds is 5. The Hall–Kier alpha value is -2.74. The Balaban J connectivity index is 1.95. The van der Waals surface area contributed by atoms with Crippen molar-refractivity contribution in [3.05, 3.63) is 41.1 Å². The number of anilines is 2. The molecule has 1 aromatic carbocycles. The SMILES string of the molecule is CC(NS(=O)(=O)N1CCCCc2c1nn(C)c2C(=O)Nc1ccc(F)c(F)c1)C(F)(F)F. The molecule has 0 bridgehead atoms. The van der Waals surface area contributed by atoms with Gasteiger partial charge in [-0.3, -0.25) is 9.48 Å². The van der Waals surface area contributed by atoms with Crippen LogP contribution in [0.15, 0.2) is 18.2 Å². The molecule has 0 aliphatic carbocycles. The number of nitrogens with one attached hydrogen (secondary N) is 2. The van der Waals surface area contributed by atoms with Crippen molar-refractivity contribution in [2.24, 2.45) is 7.05 Å². The average Bonchev–Trinajstić information content (AvgIpc) is 2.84. The minimum atomic E-state index is -4.79. The van der Waals surface area contributed by atoms with Crippen molar-refractivity contribution in [2.75, 3.05) is 16.2 Å². The van der Waals surface area contributed by atoms with Crippen molar-refractivity contribution in [3.63, 3.8) is 0 Å². The molecule has 3 rings (SSSR count). The first-order chi connectivity index (χ1) is 14.8. The van der Waals surface area contributed by atoms with Gasteiger partial charge in [-0.2, -0.15) is 31.4 Å². The molecule has 2 heterocycles. The molecule has 1 aliphatic heterocycles. The molecule has 1 unspecified atom stereocenters. The number of hydrogen-bond acceptors (Lipinski definition) is 4. The first-order valence-corrected chi connectivity index (χ1v) is 10.9. The molecular formula is C18H20F5N5O3S. The molecule has 2 N–H and O–H groups in total. The molecule has 176 valence electrons. The van der Waals surface area contributed by atoms with Gasteiger partial charge >= 0.3 is 16.4 Å². The fraction of sp³-hybridized carbons (Fsp3) is 0.444. The summed E-state index contributed by atoms with van der Waals surface area (Å²) in [6, 6.07) is 0.418. The third kappa shape index (κ3) is 4.85. The molecule has 2 aromatic rings. The highest BCUT2D eigenvalue weighted by Gasteiger charge is 2.41. The average molecular weight is 481 g/mol. The second-order valence-electron chi connectivity index (χ2n) is 7.27. The van der Waals surface area contributed by atoms with E-state index in [1.165, 1.54) is 7.05 Å². The van der Waals surface area contributed by atoms with Gasteiger partial charge in [-0.1, -0.05) is 0 Å². The van der Waals surface area contributed by atoms with Gasteiger partial charge in [0.05, 0.1) is 0 Å². The van der Waals surface area contributed by atoms with Gasteiger partial charge in [0, 0.05) is 30.9 Å². The summed E-state index contributed by atoms with van der Waals surface area (Å²) >= 11 is 0. The van der Waals surface area contributed by atoms with Gasteiger partial charge in [-0.15, -0.1) is 0 Å². The smallest absolute Gasteiger partial charge is 0.321 e. The Morgan fingerprint density at radius 2 is 1.88 bits per heavy atom. The molecule has 1 atom stereocenters. The van der Waals surface area contributed by atoms with Crippen molar-refractivity contribution in [1.29, 1.82) is 0 Å². The first-order valence-electron chi connectivity index (χ1n) is 9.50. The summed E-state index contributed by atoms with van der Waals surface area (Å²) < 4.78 is 94.0. The van der Waals surface area contributed by atoms with Crippen LogP contribution in [-0.4, -0.2) is 42.9 Å². The van der Waals surface area contributed by atoms with E-state index in [9.17, 15) is 35.2 Å². The maximum atomic E-state index is 13.4. The number of benzene rings is 1. The standard InChI is InChI=1S/C18H20F5N5O3S/c1-10(18(21,22)23)26-32(30,31)28-8-4-3-5-12-15(27(2)25-16(12)28)17(29)24-11-6-7-13(19)14(20)9-11/h6-7,9-10,26H,3-5,8H2,1-2H3,(H,24,29). The molecule has 8 nitrogen and oxygen atoms in total. The van der Waals surface area contributed by atoms with Gasteiger partial charge in [0.15, 0.2) is 17.5 Å². The zero-order valence-corrected chi connectivity index (χ0v) is 17.8. The molecule has 0 radical (unpaired) electrons. The zero-order valence-electron chi connectivity index (χ0n) is 17.0. The Morgan fingerprint density at radius 3 is 2.50 bits per heavy atom. The lowest BCUT2D eigenvalue weighted by Gasteiger charge is -2.25. The molecule has 1 amide bonds. The van der Waals surface area contributed by atoms with Crippen LogP contribution in [0.3, 0.4) is 0 Å². The summed E-state index contributed by atoms with van der Waals surface area (Å²) in [6.45, 7) is 0.545. The molecule has 1 aliphatic rings. The van der Waals surface area contributed by atoms with Crippen molar-refractivity contribution in [3.8, 4) is 0 Å².